The summed E-state index contributed by atoms with van der Waals surface area (Å²) in [4.78, 5) is 11.6. The molecule has 0 aromatic carbocycles. The van der Waals surface area contributed by atoms with Crippen molar-refractivity contribution in [1.82, 2.24) is 5.32 Å². The quantitative estimate of drug-likeness (QED) is 0.583. The fraction of sp³-hybridized carbons (Fsp3) is 0.933. The van der Waals surface area contributed by atoms with Crippen molar-refractivity contribution >= 4 is 17.9 Å². The molecule has 0 heterocycles. The van der Waals surface area contributed by atoms with E-state index < -0.39 is 0 Å². The van der Waals surface area contributed by atoms with Crippen LogP contribution in [0.5, 0.6) is 0 Å². The highest BCUT2D eigenvalue weighted by atomic mass is 32.2. The summed E-state index contributed by atoms with van der Waals surface area (Å²) in [6.07, 6.45) is 6.06. The summed E-state index contributed by atoms with van der Waals surface area (Å²) in [6.45, 7) is 3.13. The van der Waals surface area contributed by atoms with E-state index in [1.54, 1.807) is 7.11 Å². The Hall–Kier alpha value is -0.500. The zero-order valence-corrected chi connectivity index (χ0v) is 14.5. The maximum atomic E-state index is 11.6. The number of nitrogens with one attached hydrogen (secondary N) is 1. The van der Waals surface area contributed by atoms with E-state index in [-0.39, 0.29) is 12.2 Å². The Bertz CT molecular complexity index is 285. The molecule has 0 aliphatic heterocycles. The molecule has 1 aliphatic carbocycles. The molecule has 1 amide bonds. The van der Waals surface area contributed by atoms with Crippen molar-refractivity contribution in [1.29, 1.82) is 0 Å². The number of carbonyl (C=O) groups excluding carboxylic acids is 1. The monoisotopic (exact) mass is 335 g/mol. The van der Waals surface area contributed by atoms with Crippen LogP contribution >= 0.6 is 11.8 Å². The van der Waals surface area contributed by atoms with E-state index in [2.05, 4.69) is 11.6 Å². The molecule has 0 bridgehead atoms. The van der Waals surface area contributed by atoms with Gasteiger partial charge in [-0.2, -0.15) is 11.8 Å². The first-order valence-electron chi connectivity index (χ1n) is 7.88. The van der Waals surface area contributed by atoms with Gasteiger partial charge in [0.2, 0.25) is 0 Å². The predicted octanol–water partition coefficient (Wildman–Crippen LogP) is 2.07. The second kappa shape index (κ2) is 13.0. The maximum Gasteiger partial charge on any atom is 0.407 e. The third-order valence-electron chi connectivity index (χ3n) is 3.55. The smallest absolute Gasteiger partial charge is 0.407 e. The third-order valence-corrected chi connectivity index (χ3v) is 4.69. The van der Waals surface area contributed by atoms with Gasteiger partial charge in [-0.1, -0.05) is 0 Å². The van der Waals surface area contributed by atoms with Gasteiger partial charge in [-0.25, -0.2) is 4.79 Å². The average Bonchev–Trinajstić information content (AvgIpc) is 2.54. The highest BCUT2D eigenvalue weighted by Gasteiger charge is 2.23. The molecule has 0 spiro atoms. The van der Waals surface area contributed by atoms with Crippen LogP contribution in [0.25, 0.3) is 0 Å². The molecule has 130 valence electrons. The van der Waals surface area contributed by atoms with Crippen LogP contribution in [-0.4, -0.2) is 70.4 Å². The van der Waals surface area contributed by atoms with E-state index in [0.717, 1.165) is 30.9 Å². The van der Waals surface area contributed by atoms with Crippen molar-refractivity contribution in [2.45, 2.75) is 37.0 Å². The molecular weight excluding hydrogens is 306 g/mol. The molecule has 1 fully saturated rings. The number of rotatable bonds is 11. The lowest BCUT2D eigenvalue weighted by Crippen LogP contribution is -2.33. The molecule has 0 atom stereocenters. The highest BCUT2D eigenvalue weighted by Crippen LogP contribution is 2.28. The van der Waals surface area contributed by atoms with Gasteiger partial charge in [0.15, 0.2) is 0 Å². The van der Waals surface area contributed by atoms with Crippen molar-refractivity contribution in [3.8, 4) is 0 Å². The fourth-order valence-electron chi connectivity index (χ4n) is 2.27. The molecule has 0 saturated heterocycles. The van der Waals surface area contributed by atoms with Crippen molar-refractivity contribution in [3.05, 3.63) is 0 Å². The van der Waals surface area contributed by atoms with Crippen molar-refractivity contribution in [3.63, 3.8) is 0 Å². The van der Waals surface area contributed by atoms with Crippen LogP contribution in [0.4, 0.5) is 4.79 Å². The van der Waals surface area contributed by atoms with E-state index in [9.17, 15) is 4.79 Å². The van der Waals surface area contributed by atoms with Gasteiger partial charge in [0.05, 0.1) is 33.0 Å². The molecule has 7 heteroatoms. The van der Waals surface area contributed by atoms with Crippen LogP contribution in [0.3, 0.4) is 0 Å². The van der Waals surface area contributed by atoms with Gasteiger partial charge >= 0.3 is 6.09 Å². The van der Waals surface area contributed by atoms with E-state index in [0.29, 0.717) is 39.6 Å². The molecule has 0 aromatic rings. The lowest BCUT2D eigenvalue weighted by atomic mass is 9.97. The second-order valence-electron chi connectivity index (χ2n) is 5.18. The van der Waals surface area contributed by atoms with Gasteiger partial charge in [-0.15, -0.1) is 0 Å². The Balaban J connectivity index is 1.89. The van der Waals surface area contributed by atoms with Gasteiger partial charge in [-0.05, 0) is 31.9 Å². The van der Waals surface area contributed by atoms with E-state index in [1.807, 2.05) is 11.8 Å². The lowest BCUT2D eigenvalue weighted by Gasteiger charge is -2.27. The standard InChI is InChI=1S/C15H29NO5S/c1-18-9-10-20-12-11-19-8-7-16-15(17)21-13-3-5-14(22-2)6-4-13/h13-14H,3-12H2,1-2H3,(H,16,17). The molecular formula is C15H29NO5S. The summed E-state index contributed by atoms with van der Waals surface area (Å²) in [5, 5.41) is 3.44. The number of carbonyl (C=O) groups is 1. The Morgan fingerprint density at radius 3 is 2.32 bits per heavy atom. The molecule has 6 nitrogen and oxygen atoms in total. The zero-order valence-electron chi connectivity index (χ0n) is 13.7. The van der Waals surface area contributed by atoms with Crippen LogP contribution in [0.1, 0.15) is 25.7 Å². The Labute approximate surface area is 137 Å². The summed E-state index contributed by atoms with van der Waals surface area (Å²) in [5.74, 6) is 0. The Morgan fingerprint density at radius 2 is 1.68 bits per heavy atom. The van der Waals surface area contributed by atoms with E-state index in [1.165, 1.54) is 0 Å². The average molecular weight is 335 g/mol. The maximum absolute atomic E-state index is 11.6. The van der Waals surface area contributed by atoms with Gasteiger partial charge < -0.3 is 24.3 Å². The van der Waals surface area contributed by atoms with Crippen molar-refractivity contribution < 1.29 is 23.7 Å². The first-order valence-corrected chi connectivity index (χ1v) is 9.16. The summed E-state index contributed by atoms with van der Waals surface area (Å²) in [6, 6.07) is 0. The van der Waals surface area contributed by atoms with Crippen LogP contribution in [0.2, 0.25) is 0 Å². The van der Waals surface area contributed by atoms with Gasteiger partial charge in [0.25, 0.3) is 0 Å². The molecule has 22 heavy (non-hydrogen) atoms. The molecule has 1 rings (SSSR count). The highest BCUT2D eigenvalue weighted by molar-refractivity contribution is 7.99. The van der Waals surface area contributed by atoms with Crippen LogP contribution in [-0.2, 0) is 18.9 Å². The summed E-state index contributed by atoms with van der Waals surface area (Å²) >= 11 is 1.90. The van der Waals surface area contributed by atoms with Crippen molar-refractivity contribution in [2.24, 2.45) is 0 Å². The number of hydrogen-bond donors (Lipinski definition) is 1. The summed E-state index contributed by atoms with van der Waals surface area (Å²) < 4.78 is 20.9. The van der Waals surface area contributed by atoms with Crippen LogP contribution in [0, 0.1) is 0 Å². The largest absolute Gasteiger partial charge is 0.446 e. The van der Waals surface area contributed by atoms with Gasteiger partial charge in [0, 0.05) is 18.9 Å². The predicted molar refractivity (Wildman–Crippen MR) is 87.6 cm³/mol. The topological polar surface area (TPSA) is 66.0 Å². The van der Waals surface area contributed by atoms with Crippen LogP contribution < -0.4 is 5.32 Å². The Morgan fingerprint density at radius 1 is 1.05 bits per heavy atom. The van der Waals surface area contributed by atoms with Gasteiger partial charge in [-0.3, -0.25) is 0 Å². The minimum atomic E-state index is -0.340. The number of hydrogen-bond acceptors (Lipinski definition) is 6. The molecule has 1 aliphatic rings. The molecule has 0 radical (unpaired) electrons. The third kappa shape index (κ3) is 9.50. The summed E-state index contributed by atoms with van der Waals surface area (Å²) in [7, 11) is 1.64. The lowest BCUT2D eigenvalue weighted by molar-refractivity contribution is 0.0246. The Kier molecular flexibility index (Phi) is 11.5. The van der Waals surface area contributed by atoms with E-state index in [4.69, 9.17) is 18.9 Å². The number of ether oxygens (including phenoxy) is 4. The normalized spacial score (nSPS) is 21.5. The zero-order chi connectivity index (χ0) is 16.0. The second-order valence-corrected chi connectivity index (χ2v) is 6.32. The molecule has 1 N–H and O–H groups in total. The first-order chi connectivity index (χ1) is 10.8. The number of thioether (sulfide) groups is 1. The van der Waals surface area contributed by atoms with Crippen molar-refractivity contribution in [2.75, 3.05) is 52.9 Å². The van der Waals surface area contributed by atoms with Crippen LogP contribution in [0.15, 0.2) is 0 Å². The molecule has 1 saturated carbocycles. The molecule has 0 unspecified atom stereocenters. The summed E-state index contributed by atoms with van der Waals surface area (Å²) in [5.41, 5.74) is 0. The number of alkyl carbamates (subject to hydrolysis) is 1. The fourth-order valence-corrected chi connectivity index (χ4v) is 3.01. The SMILES string of the molecule is COCCOCCOCCNC(=O)OC1CCC(SC)CC1. The van der Waals surface area contributed by atoms with E-state index >= 15 is 0 Å². The minimum absolute atomic E-state index is 0.0681. The molecule has 0 aromatic heterocycles. The minimum Gasteiger partial charge on any atom is -0.446 e. The number of methoxy groups -OCH3 is 1. The first kappa shape index (κ1) is 19.5. The number of amides is 1. The van der Waals surface area contributed by atoms with Gasteiger partial charge in [0.1, 0.15) is 6.10 Å².